The average molecular weight is 282 g/mol. The summed E-state index contributed by atoms with van der Waals surface area (Å²) in [6.45, 7) is 0.768. The highest BCUT2D eigenvalue weighted by atomic mass is 35.5. The van der Waals surface area contributed by atoms with Crippen molar-refractivity contribution in [2.45, 2.75) is 48.2 Å². The van der Waals surface area contributed by atoms with Crippen molar-refractivity contribution in [1.29, 1.82) is 0 Å². The summed E-state index contributed by atoms with van der Waals surface area (Å²) in [5, 5.41) is 0.864. The Morgan fingerprint density at radius 1 is 1.17 bits per heavy atom. The summed E-state index contributed by atoms with van der Waals surface area (Å²) in [5.74, 6) is 0. The first-order valence-electron chi connectivity index (χ1n) is 6.81. The van der Waals surface area contributed by atoms with Gasteiger partial charge in [0.05, 0.1) is 5.02 Å². The third-order valence-corrected chi connectivity index (χ3v) is 6.50. The first-order valence-corrected chi connectivity index (χ1v) is 8.00. The molecule has 1 aromatic rings. The molecular weight excluding hydrogens is 262 g/mol. The van der Waals surface area contributed by atoms with Crippen molar-refractivity contribution in [3.05, 3.63) is 29.3 Å². The van der Waals surface area contributed by atoms with Gasteiger partial charge in [0.2, 0.25) is 0 Å². The minimum Gasteiger partial charge on any atom is -0.329 e. The Kier molecular flexibility index (Phi) is 3.38. The highest BCUT2D eigenvalue weighted by molar-refractivity contribution is 8.00. The summed E-state index contributed by atoms with van der Waals surface area (Å²) in [5.41, 5.74) is 6.69. The summed E-state index contributed by atoms with van der Waals surface area (Å²) in [7, 11) is 0. The van der Waals surface area contributed by atoms with Crippen molar-refractivity contribution >= 4 is 23.4 Å². The standard InChI is InChI=1S/C15H20ClNS/c16-12-5-1-2-6-13(12)18-15(11-17)9-14(10-15)7-3-4-8-14/h1-2,5-6H,3-4,7-11,17H2. The van der Waals surface area contributed by atoms with Gasteiger partial charge in [0.25, 0.3) is 0 Å². The van der Waals surface area contributed by atoms with E-state index in [1.165, 1.54) is 43.4 Å². The Hall–Kier alpha value is -0.180. The van der Waals surface area contributed by atoms with E-state index >= 15 is 0 Å². The van der Waals surface area contributed by atoms with Crippen LogP contribution in [0.3, 0.4) is 0 Å². The van der Waals surface area contributed by atoms with Gasteiger partial charge in [-0.15, -0.1) is 11.8 Å². The fourth-order valence-electron chi connectivity index (χ4n) is 3.81. The molecule has 0 heterocycles. The summed E-state index contributed by atoms with van der Waals surface area (Å²) >= 11 is 8.17. The van der Waals surface area contributed by atoms with E-state index < -0.39 is 0 Å². The van der Waals surface area contributed by atoms with Gasteiger partial charge in [-0.05, 0) is 43.2 Å². The second-order valence-corrected chi connectivity index (χ2v) is 7.90. The molecule has 1 nitrogen and oxygen atoms in total. The molecular formula is C15H20ClNS. The van der Waals surface area contributed by atoms with Crippen molar-refractivity contribution in [2.75, 3.05) is 6.54 Å². The molecule has 98 valence electrons. The molecule has 0 radical (unpaired) electrons. The zero-order chi connectivity index (χ0) is 12.6. The van der Waals surface area contributed by atoms with Gasteiger partial charge < -0.3 is 5.73 Å². The number of halogens is 1. The van der Waals surface area contributed by atoms with Gasteiger partial charge in [0, 0.05) is 16.2 Å². The Labute approximate surface area is 118 Å². The molecule has 2 fully saturated rings. The summed E-state index contributed by atoms with van der Waals surface area (Å²) in [6.07, 6.45) is 8.23. The summed E-state index contributed by atoms with van der Waals surface area (Å²) in [4.78, 5) is 1.19. The lowest BCUT2D eigenvalue weighted by molar-refractivity contribution is 0.0935. The van der Waals surface area contributed by atoms with Crippen LogP contribution in [0.25, 0.3) is 0 Å². The Morgan fingerprint density at radius 2 is 1.83 bits per heavy atom. The number of nitrogens with two attached hydrogens (primary N) is 1. The van der Waals surface area contributed by atoms with Crippen molar-refractivity contribution in [3.63, 3.8) is 0 Å². The average Bonchev–Trinajstić information content (AvgIpc) is 2.80. The summed E-state index contributed by atoms with van der Waals surface area (Å²) in [6, 6.07) is 8.13. The number of hydrogen-bond acceptors (Lipinski definition) is 2. The first-order chi connectivity index (χ1) is 8.67. The van der Waals surface area contributed by atoms with Crippen LogP contribution < -0.4 is 5.73 Å². The van der Waals surface area contributed by atoms with E-state index in [2.05, 4.69) is 12.1 Å². The molecule has 2 saturated carbocycles. The first kappa shape index (κ1) is 12.8. The molecule has 3 heteroatoms. The monoisotopic (exact) mass is 281 g/mol. The molecule has 0 atom stereocenters. The van der Waals surface area contributed by atoms with Crippen LogP contribution >= 0.6 is 23.4 Å². The molecule has 18 heavy (non-hydrogen) atoms. The van der Waals surface area contributed by atoms with Crippen LogP contribution in [-0.4, -0.2) is 11.3 Å². The number of rotatable bonds is 3. The Balaban J connectivity index is 1.73. The Bertz CT molecular complexity index is 432. The number of thioether (sulfide) groups is 1. The third kappa shape index (κ3) is 2.19. The molecule has 2 aliphatic carbocycles. The zero-order valence-corrected chi connectivity index (χ0v) is 12.2. The predicted octanol–water partition coefficient (Wildman–Crippen LogP) is 4.48. The topological polar surface area (TPSA) is 26.0 Å². The van der Waals surface area contributed by atoms with Crippen molar-refractivity contribution in [2.24, 2.45) is 11.1 Å². The van der Waals surface area contributed by atoms with E-state index in [4.69, 9.17) is 17.3 Å². The van der Waals surface area contributed by atoms with Crippen LogP contribution in [0.5, 0.6) is 0 Å². The molecule has 0 unspecified atom stereocenters. The quantitative estimate of drug-likeness (QED) is 0.884. The predicted molar refractivity (Wildman–Crippen MR) is 79.2 cm³/mol. The lowest BCUT2D eigenvalue weighted by Crippen LogP contribution is -2.52. The highest BCUT2D eigenvalue weighted by Gasteiger charge is 2.55. The lowest BCUT2D eigenvalue weighted by atomic mass is 9.60. The molecule has 0 saturated heterocycles. The maximum Gasteiger partial charge on any atom is 0.0542 e. The van der Waals surface area contributed by atoms with Gasteiger partial charge in [-0.25, -0.2) is 0 Å². The molecule has 3 rings (SSSR count). The van der Waals surface area contributed by atoms with Gasteiger partial charge >= 0.3 is 0 Å². The minimum atomic E-state index is 0.245. The van der Waals surface area contributed by atoms with Crippen molar-refractivity contribution in [3.8, 4) is 0 Å². The highest BCUT2D eigenvalue weighted by Crippen LogP contribution is 2.63. The van der Waals surface area contributed by atoms with Gasteiger partial charge in [-0.3, -0.25) is 0 Å². The molecule has 1 aromatic carbocycles. The van der Waals surface area contributed by atoms with Crippen LogP contribution in [0.4, 0.5) is 0 Å². The third-order valence-electron chi connectivity index (χ3n) is 4.59. The molecule has 2 N–H and O–H groups in total. The van der Waals surface area contributed by atoms with Crippen LogP contribution in [0, 0.1) is 5.41 Å². The number of benzene rings is 1. The van der Waals surface area contributed by atoms with Gasteiger partial charge in [-0.2, -0.15) is 0 Å². The molecule has 0 aromatic heterocycles. The van der Waals surface area contributed by atoms with E-state index in [0.717, 1.165) is 11.6 Å². The molecule has 0 bridgehead atoms. The van der Waals surface area contributed by atoms with Gasteiger partial charge in [0.1, 0.15) is 0 Å². The van der Waals surface area contributed by atoms with E-state index in [9.17, 15) is 0 Å². The second-order valence-electron chi connectivity index (χ2n) is 5.98. The smallest absolute Gasteiger partial charge is 0.0542 e. The van der Waals surface area contributed by atoms with E-state index in [-0.39, 0.29) is 4.75 Å². The maximum atomic E-state index is 6.26. The van der Waals surface area contributed by atoms with Crippen LogP contribution in [0.1, 0.15) is 38.5 Å². The lowest BCUT2D eigenvalue weighted by Gasteiger charge is -2.54. The van der Waals surface area contributed by atoms with E-state index in [1.807, 2.05) is 23.9 Å². The maximum absolute atomic E-state index is 6.26. The number of hydrogen-bond donors (Lipinski definition) is 1. The molecule has 2 aliphatic rings. The van der Waals surface area contributed by atoms with Crippen LogP contribution in [0.2, 0.25) is 5.02 Å². The van der Waals surface area contributed by atoms with Crippen molar-refractivity contribution in [1.82, 2.24) is 0 Å². The van der Waals surface area contributed by atoms with E-state index in [1.54, 1.807) is 0 Å². The summed E-state index contributed by atoms with van der Waals surface area (Å²) < 4.78 is 0.245. The largest absolute Gasteiger partial charge is 0.329 e. The fraction of sp³-hybridized carbons (Fsp3) is 0.600. The normalized spacial score (nSPS) is 24.1. The minimum absolute atomic E-state index is 0.245. The molecule has 0 amide bonds. The Morgan fingerprint density at radius 3 is 2.44 bits per heavy atom. The SMILES string of the molecule is NCC1(Sc2ccccc2Cl)CC2(CCCC2)C1. The zero-order valence-electron chi connectivity index (χ0n) is 10.6. The van der Waals surface area contributed by atoms with E-state index in [0.29, 0.717) is 5.41 Å². The van der Waals surface area contributed by atoms with Gasteiger partial charge in [-0.1, -0.05) is 36.6 Å². The van der Waals surface area contributed by atoms with Crippen LogP contribution in [-0.2, 0) is 0 Å². The molecule has 0 aliphatic heterocycles. The van der Waals surface area contributed by atoms with Crippen LogP contribution in [0.15, 0.2) is 29.2 Å². The van der Waals surface area contributed by atoms with Crippen molar-refractivity contribution < 1.29 is 0 Å². The van der Waals surface area contributed by atoms with Gasteiger partial charge in [0.15, 0.2) is 0 Å². The molecule has 1 spiro atoms. The fourth-order valence-corrected chi connectivity index (χ4v) is 5.68. The second kappa shape index (κ2) is 4.73.